The molecule has 2 aromatic heterocycles. The fourth-order valence-electron chi connectivity index (χ4n) is 3.09. The van der Waals surface area contributed by atoms with E-state index in [0.717, 1.165) is 22.0 Å². The first kappa shape index (κ1) is 23.5. The van der Waals surface area contributed by atoms with E-state index in [1.165, 1.54) is 49.5 Å². The van der Waals surface area contributed by atoms with E-state index < -0.39 is 33.1 Å². The molecule has 0 amide bonds. The molecular formula is C20H14ClFN5O5S2-. The second-order valence-corrected chi connectivity index (χ2v) is 10.3. The quantitative estimate of drug-likeness (QED) is 0.268. The number of hydrogen-bond acceptors (Lipinski definition) is 7. The number of H-pyrrole nitrogens is 1. The first-order valence-electron chi connectivity index (χ1n) is 9.40. The molecule has 0 spiro atoms. The van der Waals surface area contributed by atoms with Crippen molar-refractivity contribution in [3.05, 3.63) is 79.5 Å². The molecule has 0 aliphatic carbocycles. The topological polar surface area (TPSA) is 148 Å². The Morgan fingerprint density at radius 3 is 2.50 bits per heavy atom. The number of sulfonamides is 1. The predicted molar refractivity (Wildman–Crippen MR) is 127 cm³/mol. The van der Waals surface area contributed by atoms with Crippen molar-refractivity contribution in [3.8, 4) is 5.69 Å². The van der Waals surface area contributed by atoms with Gasteiger partial charge in [0.2, 0.25) is 0 Å². The lowest BCUT2D eigenvalue weighted by molar-refractivity contribution is -0.213. The Morgan fingerprint density at radius 2 is 1.88 bits per heavy atom. The highest BCUT2D eigenvalue weighted by molar-refractivity contribution is 7.92. The molecule has 2 heterocycles. The van der Waals surface area contributed by atoms with Gasteiger partial charge in [-0.2, -0.15) is 12.8 Å². The maximum Gasteiger partial charge on any atom is 0.333 e. The van der Waals surface area contributed by atoms with Crippen molar-refractivity contribution >= 4 is 61.3 Å². The van der Waals surface area contributed by atoms with Crippen molar-refractivity contribution in [2.45, 2.75) is 4.21 Å². The van der Waals surface area contributed by atoms with Crippen LogP contribution in [-0.2, 0) is 10.0 Å². The van der Waals surface area contributed by atoms with Gasteiger partial charge in [0.15, 0.2) is 0 Å². The Kier molecular flexibility index (Phi) is 6.17. The number of nitrogens with one attached hydrogen (secondary N) is 3. The van der Waals surface area contributed by atoms with Crippen LogP contribution < -0.4 is 27.0 Å². The lowest BCUT2D eigenvalue weighted by Gasteiger charge is -2.14. The van der Waals surface area contributed by atoms with Gasteiger partial charge in [0.05, 0.1) is 32.6 Å². The summed E-state index contributed by atoms with van der Waals surface area (Å²) in [6.07, 6.45) is 0. The van der Waals surface area contributed by atoms with Crippen LogP contribution in [0.1, 0.15) is 0 Å². The van der Waals surface area contributed by atoms with Gasteiger partial charge >= 0.3 is 5.69 Å². The van der Waals surface area contributed by atoms with Gasteiger partial charge in [0.25, 0.3) is 15.6 Å². The minimum atomic E-state index is -4.23. The van der Waals surface area contributed by atoms with Crippen molar-refractivity contribution in [1.82, 2.24) is 9.55 Å². The zero-order chi connectivity index (χ0) is 24.6. The van der Waals surface area contributed by atoms with Crippen molar-refractivity contribution in [2.75, 3.05) is 17.7 Å². The van der Waals surface area contributed by atoms with E-state index in [9.17, 15) is 27.5 Å². The number of halogens is 2. The summed E-state index contributed by atoms with van der Waals surface area (Å²) in [6.45, 7) is 0. The fraction of sp³-hybridized carbons (Fsp3) is 0.0500. The number of anilines is 2. The third-order valence-electron chi connectivity index (χ3n) is 4.64. The zero-order valence-electron chi connectivity index (χ0n) is 17.1. The van der Waals surface area contributed by atoms with Crippen molar-refractivity contribution < 1.29 is 17.9 Å². The highest BCUT2D eigenvalue weighted by Gasteiger charge is 2.15. The predicted octanol–water partition coefficient (Wildman–Crippen LogP) is 2.09. The molecular weight excluding hydrogens is 509 g/mol. The highest BCUT2D eigenvalue weighted by atomic mass is 35.5. The normalized spacial score (nSPS) is 12.1. The van der Waals surface area contributed by atoms with Crippen LogP contribution >= 0.6 is 22.9 Å². The zero-order valence-corrected chi connectivity index (χ0v) is 19.5. The average molecular weight is 523 g/mol. The van der Waals surface area contributed by atoms with Gasteiger partial charge in [-0.3, -0.25) is 4.79 Å². The summed E-state index contributed by atoms with van der Waals surface area (Å²) in [4.78, 5) is 27.9. The lowest BCUT2D eigenvalue weighted by atomic mass is 10.2. The Labute approximate surface area is 200 Å². The molecule has 34 heavy (non-hydrogen) atoms. The molecule has 0 unspecified atom stereocenters. The Balaban J connectivity index is 1.64. The lowest BCUT2D eigenvalue weighted by Crippen LogP contribution is -2.33. The molecule has 0 fully saturated rings. The van der Waals surface area contributed by atoms with Crippen LogP contribution in [0.3, 0.4) is 0 Å². The number of fused-ring (bicyclic) bond motifs is 1. The molecule has 0 atom stereocenters. The molecule has 0 bridgehead atoms. The van der Waals surface area contributed by atoms with Crippen LogP contribution in [0.2, 0.25) is 4.34 Å². The summed E-state index contributed by atoms with van der Waals surface area (Å²) >= 11 is 6.48. The van der Waals surface area contributed by atoms with Gasteiger partial charge in [0, 0.05) is 12.7 Å². The summed E-state index contributed by atoms with van der Waals surface area (Å²) in [7, 11) is -2.73. The van der Waals surface area contributed by atoms with Crippen LogP contribution in [0, 0.1) is 5.82 Å². The minimum absolute atomic E-state index is 0.0360. The van der Waals surface area contributed by atoms with E-state index in [-0.39, 0.29) is 36.5 Å². The highest BCUT2D eigenvalue weighted by Crippen LogP contribution is 2.27. The van der Waals surface area contributed by atoms with E-state index in [0.29, 0.717) is 0 Å². The fourth-order valence-corrected chi connectivity index (χ4v) is 5.40. The number of hydrogen-bond donors (Lipinski definition) is 3. The number of amidine groups is 1. The number of aromatic nitrogens is 2. The standard InChI is InChI=1S/C20H15ClFN5O5S2/c1-23-15-9-14-12(8-13(15)22)18(28)27(20(30)25-14)11-4-2-10(3-5-11)24-19(29)26-34(31,32)17-7-6-16(21)33-17/h2-9,23H,1H3,(H,25,30)(H2,24,26,29)/p-1. The number of benzene rings is 2. The second kappa shape index (κ2) is 8.93. The van der Waals surface area contributed by atoms with E-state index in [1.54, 1.807) is 0 Å². The van der Waals surface area contributed by atoms with Crippen molar-refractivity contribution in [1.29, 1.82) is 0 Å². The second-order valence-electron chi connectivity index (χ2n) is 6.80. The maximum absolute atomic E-state index is 14.1. The minimum Gasteiger partial charge on any atom is -0.845 e. The summed E-state index contributed by atoms with van der Waals surface area (Å²) in [5, 5.41) is 16.9. The molecule has 3 N–H and O–H groups in total. The number of thiophene rings is 1. The summed E-state index contributed by atoms with van der Waals surface area (Å²) in [6, 6.07) is 9.19. The molecule has 0 saturated carbocycles. The number of rotatable bonds is 5. The number of nitrogens with zero attached hydrogens (tertiary/aromatic N) is 2. The Hall–Kier alpha value is -3.68. The van der Waals surface area contributed by atoms with E-state index in [4.69, 9.17) is 11.6 Å². The first-order valence-corrected chi connectivity index (χ1v) is 12.0. The molecule has 14 heteroatoms. The Bertz CT molecular complexity index is 1660. The average Bonchev–Trinajstić information content (AvgIpc) is 3.22. The molecule has 0 radical (unpaired) electrons. The third-order valence-corrected chi connectivity index (χ3v) is 7.60. The summed E-state index contributed by atoms with van der Waals surface area (Å²) < 4.78 is 42.5. The molecule has 4 rings (SSSR count). The Morgan fingerprint density at radius 1 is 1.18 bits per heavy atom. The third kappa shape index (κ3) is 4.53. The van der Waals surface area contributed by atoms with Crippen molar-refractivity contribution in [2.24, 2.45) is 4.40 Å². The summed E-state index contributed by atoms with van der Waals surface area (Å²) in [5.41, 5.74) is -0.911. The van der Waals surface area contributed by atoms with Gasteiger partial charge in [0.1, 0.15) is 10.0 Å². The van der Waals surface area contributed by atoms with Gasteiger partial charge < -0.3 is 20.7 Å². The molecule has 4 aromatic rings. The maximum atomic E-state index is 14.1. The van der Waals surface area contributed by atoms with Crippen LogP contribution in [0.5, 0.6) is 0 Å². The molecule has 2 aromatic carbocycles. The van der Waals surface area contributed by atoms with Crippen LogP contribution in [-0.4, -0.2) is 31.0 Å². The smallest absolute Gasteiger partial charge is 0.333 e. The van der Waals surface area contributed by atoms with Crippen LogP contribution in [0.15, 0.2) is 66.7 Å². The molecule has 0 aliphatic heterocycles. The largest absolute Gasteiger partial charge is 0.845 e. The van der Waals surface area contributed by atoms with Crippen molar-refractivity contribution in [3.63, 3.8) is 0 Å². The van der Waals surface area contributed by atoms with E-state index >= 15 is 0 Å². The van der Waals surface area contributed by atoms with Gasteiger partial charge in [-0.05, 0) is 48.5 Å². The first-order chi connectivity index (χ1) is 16.1. The number of aromatic amines is 1. The van der Waals surface area contributed by atoms with Crippen LogP contribution in [0.4, 0.5) is 15.8 Å². The monoisotopic (exact) mass is 522 g/mol. The van der Waals surface area contributed by atoms with Crippen LogP contribution in [0.25, 0.3) is 16.6 Å². The molecule has 0 saturated heterocycles. The van der Waals surface area contributed by atoms with E-state index in [2.05, 4.69) is 20.0 Å². The molecule has 176 valence electrons. The van der Waals surface area contributed by atoms with Gasteiger partial charge in [-0.25, -0.2) is 13.8 Å². The summed E-state index contributed by atoms with van der Waals surface area (Å²) in [5.74, 6) is -0.660. The molecule has 0 aliphatic rings. The van der Waals surface area contributed by atoms with Gasteiger partial charge in [-0.15, -0.1) is 11.3 Å². The molecule has 10 nitrogen and oxygen atoms in total. The van der Waals surface area contributed by atoms with Gasteiger partial charge in [-0.1, -0.05) is 11.6 Å². The van der Waals surface area contributed by atoms with E-state index in [1.807, 2.05) is 0 Å². The SMILES string of the molecule is CNc1cc2[nH]c(=O)n(-c3ccc(N/C([O-])=N\S(=O)(=O)c4ccc(Cl)s4)cc3)c(=O)c2cc1F.